The minimum Gasteiger partial charge on any atom is -0.444 e. The highest BCUT2D eigenvalue weighted by molar-refractivity contribution is 5.68. The van der Waals surface area contributed by atoms with Gasteiger partial charge in [0.1, 0.15) is 5.60 Å². The van der Waals surface area contributed by atoms with Crippen LogP contribution in [0.15, 0.2) is 0 Å². The monoisotopic (exact) mass is 326 g/mol. The van der Waals surface area contributed by atoms with Crippen molar-refractivity contribution in [2.24, 2.45) is 11.8 Å². The molecule has 134 valence electrons. The molecule has 5 heteroatoms. The third-order valence-corrected chi connectivity index (χ3v) is 4.76. The molecule has 0 aromatic rings. The van der Waals surface area contributed by atoms with Crippen LogP contribution in [0.3, 0.4) is 0 Å². The minimum absolute atomic E-state index is 0.169. The molecule has 1 N–H and O–H groups in total. The molecule has 0 bridgehead atoms. The van der Waals surface area contributed by atoms with Crippen LogP contribution in [0.2, 0.25) is 0 Å². The summed E-state index contributed by atoms with van der Waals surface area (Å²) in [5.74, 6) is 1.17. The van der Waals surface area contributed by atoms with E-state index in [0.717, 1.165) is 45.6 Å². The van der Waals surface area contributed by atoms with Crippen molar-refractivity contribution in [3.63, 3.8) is 0 Å². The van der Waals surface area contributed by atoms with Crippen LogP contribution in [0.5, 0.6) is 0 Å². The highest BCUT2D eigenvalue weighted by atomic mass is 16.6. The number of nitrogens with one attached hydrogen (secondary N) is 1. The summed E-state index contributed by atoms with van der Waals surface area (Å²) < 4.78 is 11.2. The number of rotatable bonds is 5. The van der Waals surface area contributed by atoms with Crippen molar-refractivity contribution in [3.8, 4) is 0 Å². The van der Waals surface area contributed by atoms with Gasteiger partial charge in [0, 0.05) is 26.2 Å². The molecule has 3 atom stereocenters. The lowest BCUT2D eigenvalue weighted by atomic mass is 9.96. The second-order valence-corrected chi connectivity index (χ2v) is 7.96. The first kappa shape index (κ1) is 18.5. The number of carbonyl (C=O) groups is 1. The molecule has 2 heterocycles. The first-order chi connectivity index (χ1) is 10.9. The van der Waals surface area contributed by atoms with E-state index < -0.39 is 5.60 Å². The SMILES string of the molecule is CCC1OCCC1CNCC1CCCN(C(=O)OC(C)(C)C)C1. The molecule has 5 nitrogen and oxygen atoms in total. The normalized spacial score (nSPS) is 28.9. The van der Waals surface area contributed by atoms with E-state index in [2.05, 4.69) is 12.2 Å². The Bertz CT molecular complexity index is 381. The highest BCUT2D eigenvalue weighted by Gasteiger charge is 2.29. The fraction of sp³-hybridized carbons (Fsp3) is 0.944. The van der Waals surface area contributed by atoms with Crippen LogP contribution in [0.25, 0.3) is 0 Å². The van der Waals surface area contributed by atoms with Gasteiger partial charge in [0.15, 0.2) is 0 Å². The van der Waals surface area contributed by atoms with Crippen molar-refractivity contribution < 1.29 is 14.3 Å². The van der Waals surface area contributed by atoms with E-state index in [1.54, 1.807) is 0 Å². The summed E-state index contributed by atoms with van der Waals surface area (Å²) in [6, 6.07) is 0. The largest absolute Gasteiger partial charge is 0.444 e. The quantitative estimate of drug-likeness (QED) is 0.844. The van der Waals surface area contributed by atoms with E-state index in [1.807, 2.05) is 25.7 Å². The minimum atomic E-state index is -0.417. The van der Waals surface area contributed by atoms with Gasteiger partial charge in [0.2, 0.25) is 0 Å². The van der Waals surface area contributed by atoms with Crippen LogP contribution in [0, 0.1) is 11.8 Å². The van der Waals surface area contributed by atoms with Crippen LogP contribution < -0.4 is 5.32 Å². The Morgan fingerprint density at radius 1 is 1.30 bits per heavy atom. The summed E-state index contributed by atoms with van der Waals surface area (Å²) in [6.07, 6.45) is 4.77. The van der Waals surface area contributed by atoms with Gasteiger partial charge in [-0.05, 0) is 64.8 Å². The molecule has 2 saturated heterocycles. The Morgan fingerprint density at radius 2 is 2.09 bits per heavy atom. The molecule has 2 fully saturated rings. The topological polar surface area (TPSA) is 50.8 Å². The lowest BCUT2D eigenvalue weighted by molar-refractivity contribution is 0.0165. The lowest BCUT2D eigenvalue weighted by Crippen LogP contribution is -2.45. The molecule has 2 aliphatic rings. The van der Waals surface area contributed by atoms with Crippen LogP contribution in [-0.4, -0.2) is 55.5 Å². The zero-order valence-electron chi connectivity index (χ0n) is 15.3. The van der Waals surface area contributed by atoms with E-state index >= 15 is 0 Å². The van der Waals surface area contributed by atoms with Crippen molar-refractivity contribution in [1.82, 2.24) is 10.2 Å². The zero-order valence-corrected chi connectivity index (χ0v) is 15.3. The first-order valence-corrected chi connectivity index (χ1v) is 9.19. The fourth-order valence-corrected chi connectivity index (χ4v) is 3.57. The smallest absolute Gasteiger partial charge is 0.410 e. The number of piperidine rings is 1. The lowest BCUT2D eigenvalue weighted by Gasteiger charge is -2.34. The van der Waals surface area contributed by atoms with Crippen molar-refractivity contribution in [3.05, 3.63) is 0 Å². The van der Waals surface area contributed by atoms with E-state index in [0.29, 0.717) is 17.9 Å². The zero-order chi connectivity index (χ0) is 16.9. The molecule has 23 heavy (non-hydrogen) atoms. The van der Waals surface area contributed by atoms with Crippen LogP contribution >= 0.6 is 0 Å². The van der Waals surface area contributed by atoms with Crippen molar-refractivity contribution in [2.75, 3.05) is 32.8 Å². The van der Waals surface area contributed by atoms with E-state index in [9.17, 15) is 4.79 Å². The maximum absolute atomic E-state index is 12.2. The van der Waals surface area contributed by atoms with Gasteiger partial charge < -0.3 is 19.7 Å². The van der Waals surface area contributed by atoms with Gasteiger partial charge in [-0.1, -0.05) is 6.92 Å². The summed E-state index contributed by atoms with van der Waals surface area (Å²) in [6.45, 7) is 12.5. The number of ether oxygens (including phenoxy) is 2. The van der Waals surface area contributed by atoms with Crippen LogP contribution in [0.4, 0.5) is 4.79 Å². The maximum atomic E-state index is 12.2. The van der Waals surface area contributed by atoms with Crippen LogP contribution in [-0.2, 0) is 9.47 Å². The van der Waals surface area contributed by atoms with Crippen LogP contribution in [0.1, 0.15) is 53.4 Å². The predicted molar refractivity (Wildman–Crippen MR) is 91.5 cm³/mol. The van der Waals surface area contributed by atoms with Gasteiger partial charge in [-0.2, -0.15) is 0 Å². The molecule has 0 aromatic carbocycles. The summed E-state index contributed by atoms with van der Waals surface area (Å²) >= 11 is 0. The van der Waals surface area contributed by atoms with Gasteiger partial charge in [-0.3, -0.25) is 0 Å². The highest BCUT2D eigenvalue weighted by Crippen LogP contribution is 2.23. The molecule has 2 aliphatic heterocycles. The molecule has 0 radical (unpaired) electrons. The average molecular weight is 326 g/mol. The maximum Gasteiger partial charge on any atom is 0.410 e. The van der Waals surface area contributed by atoms with Gasteiger partial charge in [-0.15, -0.1) is 0 Å². The third-order valence-electron chi connectivity index (χ3n) is 4.76. The molecule has 0 spiro atoms. The Kier molecular flexibility index (Phi) is 6.72. The number of amides is 1. The average Bonchev–Trinajstić information content (AvgIpc) is 2.93. The first-order valence-electron chi connectivity index (χ1n) is 9.19. The van der Waals surface area contributed by atoms with Gasteiger partial charge in [-0.25, -0.2) is 4.79 Å². The number of hydrogen-bond donors (Lipinski definition) is 1. The second-order valence-electron chi connectivity index (χ2n) is 7.96. The molecule has 0 aliphatic carbocycles. The molecular formula is C18H34N2O3. The molecular weight excluding hydrogens is 292 g/mol. The Morgan fingerprint density at radius 3 is 2.78 bits per heavy atom. The number of nitrogens with zero attached hydrogens (tertiary/aromatic N) is 1. The van der Waals surface area contributed by atoms with Crippen molar-refractivity contribution in [1.29, 1.82) is 0 Å². The second kappa shape index (κ2) is 8.34. The third kappa shape index (κ3) is 5.96. The van der Waals surface area contributed by atoms with Crippen molar-refractivity contribution in [2.45, 2.75) is 65.1 Å². The van der Waals surface area contributed by atoms with Gasteiger partial charge in [0.25, 0.3) is 0 Å². The van der Waals surface area contributed by atoms with E-state index in [-0.39, 0.29) is 6.09 Å². The molecule has 0 aromatic heterocycles. The number of hydrogen-bond acceptors (Lipinski definition) is 4. The predicted octanol–water partition coefficient (Wildman–Crippen LogP) is 3.04. The molecule has 2 rings (SSSR count). The van der Waals surface area contributed by atoms with Crippen molar-refractivity contribution >= 4 is 6.09 Å². The molecule has 0 saturated carbocycles. The van der Waals surface area contributed by atoms with E-state index in [1.165, 1.54) is 12.8 Å². The summed E-state index contributed by atoms with van der Waals surface area (Å²) in [7, 11) is 0. The summed E-state index contributed by atoms with van der Waals surface area (Å²) in [5, 5.41) is 3.61. The molecule has 3 unspecified atom stereocenters. The fourth-order valence-electron chi connectivity index (χ4n) is 3.57. The molecule has 1 amide bonds. The Labute approximate surface area is 141 Å². The van der Waals surface area contributed by atoms with Gasteiger partial charge >= 0.3 is 6.09 Å². The summed E-state index contributed by atoms with van der Waals surface area (Å²) in [5.41, 5.74) is -0.417. The standard InChI is InChI=1S/C18H34N2O3/c1-5-16-15(8-10-22-16)12-19-11-14-7-6-9-20(13-14)17(21)23-18(2,3)4/h14-16,19H,5-13H2,1-4H3. The van der Waals surface area contributed by atoms with Gasteiger partial charge in [0.05, 0.1) is 6.10 Å². The number of likely N-dealkylation sites (tertiary alicyclic amines) is 1. The summed E-state index contributed by atoms with van der Waals surface area (Å²) in [4.78, 5) is 14.1. The van der Waals surface area contributed by atoms with E-state index in [4.69, 9.17) is 9.47 Å². The Balaban J connectivity index is 1.70. The Hall–Kier alpha value is -0.810. The number of carbonyl (C=O) groups excluding carboxylic acids is 1.